The highest BCUT2D eigenvalue weighted by Gasteiger charge is 2.39. The summed E-state index contributed by atoms with van der Waals surface area (Å²) in [6, 6.07) is 8.01. The van der Waals surface area contributed by atoms with Crippen molar-refractivity contribution in [3.63, 3.8) is 0 Å². The van der Waals surface area contributed by atoms with E-state index >= 15 is 0 Å². The smallest absolute Gasteiger partial charge is 0.394 e. The van der Waals surface area contributed by atoms with Crippen LogP contribution in [0.4, 0.5) is 19.0 Å². The number of likely N-dealkylation sites (tertiary alicyclic amines) is 1. The second kappa shape index (κ2) is 39.9. The van der Waals surface area contributed by atoms with Gasteiger partial charge in [-0.1, -0.05) is 58.4 Å². The van der Waals surface area contributed by atoms with Crippen LogP contribution in [0.1, 0.15) is 218 Å². The molecule has 2 unspecified atom stereocenters. The number of fused-ring (bicyclic) bond motifs is 1. The number of likely N-dealkylation sites (N-methyl/N-ethyl adjacent to an activating group) is 1. The lowest BCUT2D eigenvalue weighted by atomic mass is 9.84. The molecule has 8 N–H and O–H groups in total. The first-order valence-corrected chi connectivity index (χ1v) is 31.8. The molecule has 1 saturated heterocycles. The molecule has 490 valence electrons. The Morgan fingerprint density at radius 2 is 1.49 bits per heavy atom. The van der Waals surface area contributed by atoms with E-state index in [1.54, 1.807) is 6.20 Å². The number of aliphatic hydroxyl groups is 1. The van der Waals surface area contributed by atoms with Crippen LogP contribution in [-0.2, 0) is 34.9 Å². The quantitative estimate of drug-likeness (QED) is 0.0266. The van der Waals surface area contributed by atoms with Crippen LogP contribution in [0.5, 0.6) is 0 Å². The highest BCUT2D eigenvalue weighted by molar-refractivity contribution is 5.93. The van der Waals surface area contributed by atoms with Crippen molar-refractivity contribution in [2.45, 2.75) is 243 Å². The summed E-state index contributed by atoms with van der Waals surface area (Å²) in [6.07, 6.45) is 22.5. The maximum absolute atomic E-state index is 13.7. The fourth-order valence-corrected chi connectivity index (χ4v) is 11.7. The molecule has 4 aliphatic carbocycles. The monoisotopic (exact) mass is 1230 g/mol. The molecule has 5 fully saturated rings. The van der Waals surface area contributed by atoms with E-state index in [1.165, 1.54) is 64.1 Å². The maximum Gasteiger partial charge on any atom is 0.416 e. The topological polar surface area (TPSA) is 281 Å². The molecule has 4 amide bonds. The summed E-state index contributed by atoms with van der Waals surface area (Å²) in [5.41, 5.74) is 10.4. The summed E-state index contributed by atoms with van der Waals surface area (Å²) in [4.78, 5) is 83.7. The number of aldehydes is 1. The van der Waals surface area contributed by atoms with Gasteiger partial charge in [-0.05, 0) is 161 Å². The van der Waals surface area contributed by atoms with Crippen LogP contribution in [0.25, 0.3) is 10.9 Å². The number of nitroso groups, excluding NO2 is 1. The summed E-state index contributed by atoms with van der Waals surface area (Å²) in [5.74, 6) is 0.629. The molecule has 5 aliphatic rings. The summed E-state index contributed by atoms with van der Waals surface area (Å²) in [6.45, 7) is 13.4. The zero-order chi connectivity index (χ0) is 64.5. The van der Waals surface area contributed by atoms with Crippen molar-refractivity contribution in [1.29, 1.82) is 0 Å². The summed E-state index contributed by atoms with van der Waals surface area (Å²) < 4.78 is 46.9. The first kappa shape index (κ1) is 75.3. The number of primary amides is 2. The maximum atomic E-state index is 13.7. The fourth-order valence-electron chi connectivity index (χ4n) is 11.7. The first-order chi connectivity index (χ1) is 41.4. The number of nitrogens with zero attached hydrogens (tertiary/aromatic N) is 7. The lowest BCUT2D eigenvalue weighted by Gasteiger charge is -2.37. The molecule has 3 aromatic rings. The number of alkyl halides is 3. The number of carbonyl (C=O) groups is 5. The second-order valence-corrected chi connectivity index (χ2v) is 24.5. The number of anilines is 1. The van der Waals surface area contributed by atoms with Gasteiger partial charge in [0.15, 0.2) is 0 Å². The van der Waals surface area contributed by atoms with Crippen LogP contribution in [0.15, 0.2) is 48.0 Å². The number of ether oxygens (including phenoxy) is 1. The summed E-state index contributed by atoms with van der Waals surface area (Å²) >= 11 is 0. The van der Waals surface area contributed by atoms with Crippen LogP contribution < -0.4 is 27.4 Å². The largest absolute Gasteiger partial charge is 0.416 e. The zero-order valence-corrected chi connectivity index (χ0v) is 53.6. The first-order valence-electron chi connectivity index (χ1n) is 31.8. The number of hydrogen-bond acceptors (Lipinski definition) is 15. The average Bonchev–Trinajstić information content (AvgIpc) is 2.01. The molecular weight excluding hydrogens is 1120 g/mol. The van der Waals surface area contributed by atoms with Gasteiger partial charge in [-0.3, -0.25) is 29.2 Å². The van der Waals surface area contributed by atoms with Gasteiger partial charge in [-0.15, -0.1) is 4.91 Å². The number of aliphatic hydroxyl groups excluding tert-OH is 1. The van der Waals surface area contributed by atoms with Crippen LogP contribution in [-0.4, -0.2) is 148 Å². The van der Waals surface area contributed by atoms with Crippen molar-refractivity contribution in [2.75, 3.05) is 52.8 Å². The molecule has 0 bridgehead atoms. The zero-order valence-electron chi connectivity index (χ0n) is 53.6. The van der Waals surface area contributed by atoms with E-state index in [0.29, 0.717) is 68.3 Å². The number of hydrogen-bond donors (Lipinski definition) is 6. The van der Waals surface area contributed by atoms with Gasteiger partial charge in [-0.25, -0.2) is 9.97 Å². The predicted molar refractivity (Wildman–Crippen MR) is 336 cm³/mol. The number of halogens is 3. The minimum absolute atomic E-state index is 0.00765. The number of nitrogens with two attached hydrogens (primary N) is 2. The Hall–Kier alpha value is -5.91. The van der Waals surface area contributed by atoms with Gasteiger partial charge >= 0.3 is 6.18 Å². The van der Waals surface area contributed by atoms with Gasteiger partial charge in [0, 0.05) is 99.3 Å². The molecule has 87 heavy (non-hydrogen) atoms. The molecule has 1 aliphatic heterocycles. The highest BCUT2D eigenvalue weighted by atomic mass is 19.4. The van der Waals surface area contributed by atoms with E-state index in [-0.39, 0.29) is 71.1 Å². The minimum atomic E-state index is -4.51. The van der Waals surface area contributed by atoms with E-state index in [1.807, 2.05) is 51.2 Å². The van der Waals surface area contributed by atoms with E-state index in [0.717, 1.165) is 113 Å². The highest BCUT2D eigenvalue weighted by Crippen LogP contribution is 2.38. The van der Waals surface area contributed by atoms with Gasteiger partial charge in [0.05, 0.1) is 35.6 Å². The molecule has 0 spiro atoms. The third kappa shape index (κ3) is 28.4. The molecular formula is C64H105F3N12O8. The minimum Gasteiger partial charge on any atom is -0.394 e. The predicted octanol–water partition coefficient (Wildman–Crippen LogP) is 10.5. The Balaban J connectivity index is 0.000000398. The Labute approximate surface area is 515 Å². The van der Waals surface area contributed by atoms with Crippen molar-refractivity contribution in [2.24, 2.45) is 22.7 Å². The molecule has 0 radical (unpaired) electrons. The SMILES string of the molecule is CC.CC(C)(C)NC1CCC(N2CCC(Nc3nc(C4CCC(NC(=O)C5CCCCC5)CC4)nc4ccc(C(F)(F)F)cc34)C2=O)CC1.CC(N)=O.CN(C)C(CCC=O)c1cccnc1.CN(CCO)N=O.NC(=O)CCCOC1CCCCC1. The number of amides is 4. The Morgan fingerprint density at radius 3 is 2.02 bits per heavy atom. The van der Waals surface area contributed by atoms with Crippen molar-refractivity contribution in [3.8, 4) is 0 Å². The van der Waals surface area contributed by atoms with Crippen molar-refractivity contribution in [1.82, 2.24) is 40.4 Å². The lowest BCUT2D eigenvalue weighted by molar-refractivity contribution is -0.137. The van der Waals surface area contributed by atoms with Crippen molar-refractivity contribution in [3.05, 3.63) is 64.6 Å². The molecule has 2 atom stereocenters. The average molecular weight is 1230 g/mol. The van der Waals surface area contributed by atoms with Gasteiger partial charge < -0.3 is 51.9 Å². The standard InChI is InChI=1S/C36H51F3N6O2.C11H16N2O.C10H19NO2.C3H8N2O2.C2H5NO.C2H6/c1-35(2,3)44-26-14-16-27(17-15-26)45-20-19-30(34(45)47)42-32-28-21-24(36(37,38)39)11-18-29(28)41-31(43-32)22-9-12-25(13-10-22)40-33(46)23-7-5-4-6-8-23;1-13(2)11(6-4-8-14)10-5-3-7-12-9-10;11-10(12)7-4-8-13-9-5-2-1-3-6-9;1-5(4-7)2-3-6;1-2(3)4;1-2/h11,18,21-23,25-27,30,44H,4-10,12-17,19-20H2,1-3H3,(H,40,46)(H,41,42,43);3,5,7-9,11H,4,6H2,1-2H3;9H,1-8H2,(H2,11,12);6H,2-3H2,1H3;1H3,(H2,3,4);1-2H3. The molecule has 4 saturated carbocycles. The third-order valence-corrected chi connectivity index (χ3v) is 16.1. The molecule has 20 nitrogen and oxygen atoms in total. The number of benzene rings is 1. The molecule has 3 heterocycles. The van der Waals surface area contributed by atoms with Crippen LogP contribution >= 0.6 is 0 Å². The molecule has 8 rings (SSSR count). The number of rotatable bonds is 20. The number of aromatic nitrogens is 3. The Kier molecular flexibility index (Phi) is 34.5. The van der Waals surface area contributed by atoms with Gasteiger partial charge in [-0.2, -0.15) is 13.2 Å². The van der Waals surface area contributed by atoms with Crippen LogP contribution in [0, 0.1) is 10.8 Å². The number of pyridine rings is 1. The number of carbonyl (C=O) groups excluding carboxylic acids is 5. The van der Waals surface area contributed by atoms with Gasteiger partial charge in [0.25, 0.3) is 0 Å². The van der Waals surface area contributed by atoms with Crippen molar-refractivity contribution >= 4 is 46.6 Å². The van der Waals surface area contributed by atoms with Crippen LogP contribution in [0.3, 0.4) is 0 Å². The Morgan fingerprint density at radius 1 is 0.874 bits per heavy atom. The van der Waals surface area contributed by atoms with E-state index in [9.17, 15) is 42.1 Å². The third-order valence-electron chi connectivity index (χ3n) is 16.1. The number of nitrogens with one attached hydrogen (secondary N) is 3. The van der Waals surface area contributed by atoms with Gasteiger partial charge in [0.1, 0.15) is 24.0 Å². The Bertz CT molecular complexity index is 2470. The lowest BCUT2D eigenvalue weighted by Crippen LogP contribution is -2.49. The molecule has 1 aromatic carbocycles. The van der Waals surface area contributed by atoms with E-state index in [2.05, 4.69) is 57.6 Å². The molecule has 2 aromatic heterocycles. The molecule has 23 heteroatoms. The normalized spacial score (nSPS) is 21.1. The second-order valence-electron chi connectivity index (χ2n) is 24.5. The van der Waals surface area contributed by atoms with E-state index < -0.39 is 17.8 Å². The summed E-state index contributed by atoms with van der Waals surface area (Å²) in [7, 11) is 5.54. The summed E-state index contributed by atoms with van der Waals surface area (Å²) in [5, 5.41) is 22.3. The fraction of sp³-hybridized carbons (Fsp3) is 0.719. The van der Waals surface area contributed by atoms with Crippen LogP contribution in [0.2, 0.25) is 0 Å². The van der Waals surface area contributed by atoms with Crippen molar-refractivity contribution < 1.29 is 47.0 Å². The van der Waals surface area contributed by atoms with E-state index in [4.69, 9.17) is 25.5 Å². The van der Waals surface area contributed by atoms with Gasteiger partial charge in [0.2, 0.25) is 23.6 Å².